The van der Waals surface area contributed by atoms with Crippen LogP contribution in [0.1, 0.15) is 56.7 Å². The highest BCUT2D eigenvalue weighted by atomic mass is 32.1. The third-order valence-corrected chi connectivity index (χ3v) is 6.45. The number of likely N-dealkylation sites (tertiary alicyclic amines) is 1. The number of thiazole rings is 1. The van der Waals surface area contributed by atoms with Gasteiger partial charge in [0, 0.05) is 30.1 Å². The van der Waals surface area contributed by atoms with Gasteiger partial charge in [-0.15, -0.1) is 11.3 Å². The molecule has 3 rings (SSSR count). The molecule has 1 aromatic heterocycles. The van der Waals surface area contributed by atoms with E-state index in [2.05, 4.69) is 17.2 Å². The Morgan fingerprint density at radius 1 is 1.38 bits per heavy atom. The summed E-state index contributed by atoms with van der Waals surface area (Å²) in [5.41, 5.74) is 0.557. The predicted octanol–water partition coefficient (Wildman–Crippen LogP) is 2.84. The van der Waals surface area contributed by atoms with Gasteiger partial charge >= 0.3 is 0 Å². The molecule has 1 aliphatic heterocycles. The Labute approximate surface area is 147 Å². The molecular weight excluding hydrogens is 322 g/mol. The third-order valence-electron chi connectivity index (χ3n) is 5.23. The number of carbonyl (C=O) groups is 2. The largest absolute Gasteiger partial charge is 0.344 e. The molecule has 2 unspecified atom stereocenters. The maximum Gasteiger partial charge on any atom is 0.225 e. The lowest BCUT2D eigenvalue weighted by Gasteiger charge is -2.35. The molecule has 1 saturated carbocycles. The number of nitrogens with one attached hydrogen (secondary N) is 1. The van der Waals surface area contributed by atoms with Crippen molar-refractivity contribution in [3.05, 3.63) is 16.1 Å². The van der Waals surface area contributed by atoms with Gasteiger partial charge in [0.25, 0.3) is 0 Å². The van der Waals surface area contributed by atoms with Crippen molar-refractivity contribution in [1.82, 2.24) is 15.2 Å². The highest BCUT2D eigenvalue weighted by molar-refractivity contribution is 7.09. The number of carbonyl (C=O) groups excluding carboxylic acids is 2. The quantitative estimate of drug-likeness (QED) is 0.889. The minimum absolute atomic E-state index is 0.0560. The molecule has 2 atom stereocenters. The van der Waals surface area contributed by atoms with E-state index in [1.807, 2.05) is 24.1 Å². The maximum atomic E-state index is 12.8. The Hall–Kier alpha value is -1.43. The summed E-state index contributed by atoms with van der Waals surface area (Å²) in [7, 11) is 0. The van der Waals surface area contributed by atoms with Crippen LogP contribution >= 0.6 is 11.3 Å². The lowest BCUT2D eigenvalue weighted by molar-refractivity contribution is -0.137. The number of amides is 2. The van der Waals surface area contributed by atoms with Crippen molar-refractivity contribution in [3.8, 4) is 0 Å². The molecule has 0 bridgehead atoms. The van der Waals surface area contributed by atoms with E-state index >= 15 is 0 Å². The summed E-state index contributed by atoms with van der Waals surface area (Å²) >= 11 is 1.60. The molecule has 2 amide bonds. The van der Waals surface area contributed by atoms with Crippen molar-refractivity contribution < 1.29 is 9.59 Å². The molecule has 6 heteroatoms. The van der Waals surface area contributed by atoms with E-state index in [9.17, 15) is 9.59 Å². The molecule has 2 aliphatic rings. The summed E-state index contributed by atoms with van der Waals surface area (Å²) in [4.78, 5) is 31.6. The molecule has 1 aromatic rings. The number of aryl methyl sites for hydroxylation is 1. The van der Waals surface area contributed by atoms with Gasteiger partial charge in [-0.05, 0) is 46.0 Å². The molecule has 1 saturated heterocycles. The molecule has 2 fully saturated rings. The monoisotopic (exact) mass is 349 g/mol. The Kier molecular flexibility index (Phi) is 4.95. The van der Waals surface area contributed by atoms with Gasteiger partial charge in [-0.1, -0.05) is 6.92 Å². The van der Waals surface area contributed by atoms with Crippen molar-refractivity contribution in [3.63, 3.8) is 0 Å². The molecule has 2 heterocycles. The summed E-state index contributed by atoms with van der Waals surface area (Å²) in [5.74, 6) is 0.432. The number of nitrogens with zero attached hydrogens (tertiary/aromatic N) is 2. The van der Waals surface area contributed by atoms with Gasteiger partial charge in [-0.25, -0.2) is 4.98 Å². The van der Waals surface area contributed by atoms with Gasteiger partial charge in [-0.2, -0.15) is 0 Å². The number of aromatic nitrogens is 1. The fraction of sp³-hybridized carbons (Fsp3) is 0.722. The molecule has 24 heavy (non-hydrogen) atoms. The molecule has 5 nitrogen and oxygen atoms in total. The first-order chi connectivity index (χ1) is 11.4. The minimum Gasteiger partial charge on any atom is -0.344 e. The highest BCUT2D eigenvalue weighted by Gasteiger charge is 2.38. The summed E-state index contributed by atoms with van der Waals surface area (Å²) in [6, 6.07) is 0. The first-order valence-electron chi connectivity index (χ1n) is 8.96. The normalized spacial score (nSPS) is 23.6. The number of hydrogen-bond donors (Lipinski definition) is 1. The van der Waals surface area contributed by atoms with Crippen molar-refractivity contribution in [2.45, 2.75) is 58.4 Å². The summed E-state index contributed by atoms with van der Waals surface area (Å²) in [6.07, 6.45) is 4.60. The Morgan fingerprint density at radius 3 is 2.71 bits per heavy atom. The van der Waals surface area contributed by atoms with E-state index in [1.165, 1.54) is 0 Å². The van der Waals surface area contributed by atoms with E-state index in [0.29, 0.717) is 6.54 Å². The van der Waals surface area contributed by atoms with Crippen LogP contribution < -0.4 is 5.32 Å². The van der Waals surface area contributed by atoms with Crippen molar-refractivity contribution in [1.29, 1.82) is 0 Å². The van der Waals surface area contributed by atoms with E-state index in [0.717, 1.165) is 49.4 Å². The lowest BCUT2D eigenvalue weighted by atomic mass is 9.93. The van der Waals surface area contributed by atoms with Gasteiger partial charge < -0.3 is 10.2 Å². The Balaban J connectivity index is 1.65. The zero-order valence-electron chi connectivity index (χ0n) is 14.8. The van der Waals surface area contributed by atoms with Crippen LogP contribution in [-0.2, 0) is 15.1 Å². The smallest absolute Gasteiger partial charge is 0.225 e. The van der Waals surface area contributed by atoms with Crippen molar-refractivity contribution in [2.75, 3.05) is 13.1 Å². The van der Waals surface area contributed by atoms with Crippen LogP contribution in [-0.4, -0.2) is 34.8 Å². The molecule has 0 aromatic carbocycles. The van der Waals surface area contributed by atoms with Gasteiger partial charge in [0.2, 0.25) is 11.8 Å². The van der Waals surface area contributed by atoms with Crippen LogP contribution in [0.3, 0.4) is 0 Å². The van der Waals surface area contributed by atoms with Crippen LogP contribution in [0.5, 0.6) is 0 Å². The van der Waals surface area contributed by atoms with Crippen LogP contribution in [0.4, 0.5) is 0 Å². The fourth-order valence-corrected chi connectivity index (χ4v) is 4.24. The standard InChI is InChI=1S/C18H27N3O2S/c1-4-18(3,17-19-12(2)11-24-17)20-15(22)14-6-5-9-21(10-14)16(23)13-7-8-13/h11,13-14H,4-10H2,1-3H3,(H,20,22). The molecule has 132 valence electrons. The number of piperidine rings is 1. The minimum atomic E-state index is -0.432. The van der Waals surface area contributed by atoms with Crippen LogP contribution in [0.15, 0.2) is 5.38 Å². The molecular formula is C18H27N3O2S. The highest BCUT2D eigenvalue weighted by Crippen LogP contribution is 2.33. The SMILES string of the molecule is CCC(C)(NC(=O)C1CCCN(C(=O)C2CC2)C1)c1nc(C)cs1. The first kappa shape index (κ1) is 17.4. The second-order valence-corrected chi connectivity index (χ2v) is 8.22. The number of hydrogen-bond acceptors (Lipinski definition) is 4. The average molecular weight is 350 g/mol. The Morgan fingerprint density at radius 2 is 2.12 bits per heavy atom. The topological polar surface area (TPSA) is 62.3 Å². The van der Waals surface area contributed by atoms with E-state index in [1.54, 1.807) is 11.3 Å². The van der Waals surface area contributed by atoms with Gasteiger partial charge in [0.15, 0.2) is 0 Å². The van der Waals surface area contributed by atoms with Crippen LogP contribution in [0, 0.1) is 18.8 Å². The average Bonchev–Trinajstić information content (AvgIpc) is 3.34. The lowest BCUT2D eigenvalue weighted by Crippen LogP contribution is -2.50. The van der Waals surface area contributed by atoms with Gasteiger partial charge in [0.1, 0.15) is 5.01 Å². The summed E-state index contributed by atoms with van der Waals surface area (Å²) in [6.45, 7) is 7.45. The van der Waals surface area contributed by atoms with Gasteiger partial charge in [0.05, 0.1) is 11.5 Å². The number of rotatable bonds is 5. The summed E-state index contributed by atoms with van der Waals surface area (Å²) in [5, 5.41) is 6.19. The molecule has 1 aliphatic carbocycles. The molecule has 0 radical (unpaired) electrons. The van der Waals surface area contributed by atoms with E-state index in [4.69, 9.17) is 0 Å². The van der Waals surface area contributed by atoms with Crippen LogP contribution in [0.2, 0.25) is 0 Å². The Bertz CT molecular complexity index is 626. The fourth-order valence-electron chi connectivity index (χ4n) is 3.25. The van der Waals surface area contributed by atoms with Gasteiger partial charge in [-0.3, -0.25) is 9.59 Å². The van der Waals surface area contributed by atoms with Crippen molar-refractivity contribution >= 4 is 23.2 Å². The van der Waals surface area contributed by atoms with E-state index in [-0.39, 0.29) is 23.7 Å². The molecule has 1 N–H and O–H groups in total. The second kappa shape index (κ2) is 6.82. The predicted molar refractivity (Wildman–Crippen MR) is 94.7 cm³/mol. The maximum absolute atomic E-state index is 12.8. The third kappa shape index (κ3) is 3.63. The summed E-state index contributed by atoms with van der Waals surface area (Å²) < 4.78 is 0. The second-order valence-electron chi connectivity index (χ2n) is 7.37. The van der Waals surface area contributed by atoms with Crippen molar-refractivity contribution in [2.24, 2.45) is 11.8 Å². The first-order valence-corrected chi connectivity index (χ1v) is 9.84. The molecule has 0 spiro atoms. The van der Waals surface area contributed by atoms with Crippen LogP contribution in [0.25, 0.3) is 0 Å². The van der Waals surface area contributed by atoms with E-state index < -0.39 is 5.54 Å². The zero-order valence-corrected chi connectivity index (χ0v) is 15.6. The zero-order chi connectivity index (χ0) is 17.3.